The van der Waals surface area contributed by atoms with Crippen molar-refractivity contribution in [3.05, 3.63) is 71.4 Å². The minimum absolute atomic E-state index is 0.252. The van der Waals surface area contributed by atoms with Crippen molar-refractivity contribution in [2.45, 2.75) is 6.42 Å². The number of nitrogens with one attached hydrogen (secondary N) is 1. The number of nitrogens with zero attached hydrogens (tertiary/aromatic N) is 1. The summed E-state index contributed by atoms with van der Waals surface area (Å²) < 4.78 is 5.14. The summed E-state index contributed by atoms with van der Waals surface area (Å²) in [7, 11) is 1.64. The maximum Gasteiger partial charge on any atom is 0.335 e. The average Bonchev–Trinajstić information content (AvgIpc) is 3.04. The third-order valence-electron chi connectivity index (χ3n) is 3.59. The van der Waals surface area contributed by atoms with E-state index in [1.54, 1.807) is 25.3 Å². The van der Waals surface area contributed by atoms with Crippen LogP contribution in [0.15, 0.2) is 54.6 Å². The van der Waals surface area contributed by atoms with Gasteiger partial charge in [0.1, 0.15) is 5.75 Å². The second kappa shape index (κ2) is 6.36. The zero-order valence-corrected chi connectivity index (χ0v) is 12.6. The van der Waals surface area contributed by atoms with E-state index in [1.807, 2.05) is 36.4 Å². The van der Waals surface area contributed by atoms with E-state index in [0.717, 1.165) is 34.7 Å². The Morgan fingerprint density at radius 3 is 2.65 bits per heavy atom. The Bertz CT molecular complexity index is 822. The number of hydrogen-bond donors (Lipinski definition) is 2. The van der Waals surface area contributed by atoms with E-state index in [-0.39, 0.29) is 5.56 Å². The molecular weight excluding hydrogens is 292 g/mol. The van der Waals surface area contributed by atoms with Gasteiger partial charge in [-0.3, -0.25) is 5.10 Å². The van der Waals surface area contributed by atoms with Crippen LogP contribution in [0, 0.1) is 0 Å². The molecule has 116 valence electrons. The lowest BCUT2D eigenvalue weighted by atomic mass is 10.1. The normalized spacial score (nSPS) is 10.5. The van der Waals surface area contributed by atoms with Gasteiger partial charge in [-0.2, -0.15) is 5.10 Å². The van der Waals surface area contributed by atoms with E-state index in [4.69, 9.17) is 9.84 Å². The Labute approximate surface area is 133 Å². The number of aromatic carboxylic acids is 1. The molecule has 0 saturated carbocycles. The first-order valence-electron chi connectivity index (χ1n) is 7.16. The molecule has 3 aromatic rings. The molecule has 0 radical (unpaired) electrons. The first-order valence-corrected chi connectivity index (χ1v) is 7.16. The van der Waals surface area contributed by atoms with E-state index in [9.17, 15) is 4.79 Å². The van der Waals surface area contributed by atoms with Crippen LogP contribution in [0.25, 0.3) is 11.3 Å². The number of methoxy groups -OCH3 is 1. The standard InChI is InChI=1S/C18H16N2O3/c1-23-16-7-5-12(6-8-16)9-15-11-17(20-19-15)13-3-2-4-14(10-13)18(21)22/h2-8,10-11H,9H2,1H3,(H,19,20)(H,21,22). The lowest BCUT2D eigenvalue weighted by Crippen LogP contribution is -1.95. The molecule has 0 aliphatic rings. The molecule has 0 aliphatic heterocycles. The van der Waals surface area contributed by atoms with Gasteiger partial charge in [0.25, 0.3) is 0 Å². The predicted octanol–water partition coefficient (Wildman–Crippen LogP) is 3.37. The molecular formula is C18H16N2O3. The topological polar surface area (TPSA) is 75.2 Å². The van der Waals surface area contributed by atoms with E-state index in [0.29, 0.717) is 0 Å². The molecule has 2 N–H and O–H groups in total. The summed E-state index contributed by atoms with van der Waals surface area (Å²) in [4.78, 5) is 11.0. The fraction of sp³-hybridized carbons (Fsp3) is 0.111. The number of H-pyrrole nitrogens is 1. The molecule has 2 aromatic carbocycles. The van der Waals surface area contributed by atoms with Crippen LogP contribution >= 0.6 is 0 Å². The highest BCUT2D eigenvalue weighted by atomic mass is 16.5. The van der Waals surface area contributed by atoms with Crippen LogP contribution in [0.3, 0.4) is 0 Å². The Morgan fingerprint density at radius 2 is 1.96 bits per heavy atom. The molecule has 0 atom stereocenters. The number of hydrogen-bond acceptors (Lipinski definition) is 3. The quantitative estimate of drug-likeness (QED) is 0.757. The molecule has 0 unspecified atom stereocenters. The van der Waals surface area contributed by atoms with Gasteiger partial charge in [0.05, 0.1) is 18.4 Å². The predicted molar refractivity (Wildman–Crippen MR) is 86.8 cm³/mol. The second-order valence-corrected chi connectivity index (χ2v) is 5.19. The van der Waals surface area contributed by atoms with Crippen molar-refractivity contribution >= 4 is 5.97 Å². The van der Waals surface area contributed by atoms with Crippen molar-refractivity contribution in [2.75, 3.05) is 7.11 Å². The second-order valence-electron chi connectivity index (χ2n) is 5.19. The highest BCUT2D eigenvalue weighted by Gasteiger charge is 2.08. The van der Waals surface area contributed by atoms with E-state index in [1.165, 1.54) is 0 Å². The van der Waals surface area contributed by atoms with Gasteiger partial charge in [-0.15, -0.1) is 0 Å². The molecule has 5 heteroatoms. The van der Waals surface area contributed by atoms with Crippen molar-refractivity contribution in [3.63, 3.8) is 0 Å². The number of aromatic nitrogens is 2. The number of rotatable bonds is 5. The summed E-state index contributed by atoms with van der Waals surface area (Å²) in [5.41, 5.74) is 3.87. The van der Waals surface area contributed by atoms with Gasteiger partial charge in [-0.1, -0.05) is 24.3 Å². The van der Waals surface area contributed by atoms with Crippen molar-refractivity contribution in [1.29, 1.82) is 0 Å². The van der Waals surface area contributed by atoms with Crippen molar-refractivity contribution in [3.8, 4) is 17.0 Å². The monoisotopic (exact) mass is 308 g/mol. The zero-order valence-electron chi connectivity index (χ0n) is 12.6. The third kappa shape index (κ3) is 3.40. The smallest absolute Gasteiger partial charge is 0.335 e. The molecule has 23 heavy (non-hydrogen) atoms. The van der Waals surface area contributed by atoms with Crippen LogP contribution in [0.2, 0.25) is 0 Å². The average molecular weight is 308 g/mol. The number of benzene rings is 2. The van der Waals surface area contributed by atoms with E-state index < -0.39 is 5.97 Å². The van der Waals surface area contributed by atoms with Gasteiger partial charge in [-0.25, -0.2) is 4.79 Å². The summed E-state index contributed by atoms with van der Waals surface area (Å²) in [5, 5.41) is 16.3. The van der Waals surface area contributed by atoms with Crippen LogP contribution < -0.4 is 4.74 Å². The lowest BCUT2D eigenvalue weighted by molar-refractivity contribution is 0.0697. The SMILES string of the molecule is COc1ccc(Cc2cc(-c3cccc(C(=O)O)c3)n[nH]2)cc1. The molecule has 0 fully saturated rings. The van der Waals surface area contributed by atoms with Crippen molar-refractivity contribution < 1.29 is 14.6 Å². The van der Waals surface area contributed by atoms with Gasteiger partial charge in [0.2, 0.25) is 0 Å². The summed E-state index contributed by atoms with van der Waals surface area (Å²) in [6, 6.07) is 16.5. The van der Waals surface area contributed by atoms with Crippen LogP contribution in [0.1, 0.15) is 21.6 Å². The molecule has 0 spiro atoms. The Morgan fingerprint density at radius 1 is 1.17 bits per heavy atom. The summed E-state index contributed by atoms with van der Waals surface area (Å²) >= 11 is 0. The van der Waals surface area contributed by atoms with Crippen LogP contribution in [0.4, 0.5) is 0 Å². The molecule has 0 aliphatic carbocycles. The number of carboxylic acids is 1. The van der Waals surface area contributed by atoms with Gasteiger partial charge in [-0.05, 0) is 35.9 Å². The first-order chi connectivity index (χ1) is 11.2. The maximum atomic E-state index is 11.0. The van der Waals surface area contributed by atoms with Crippen molar-refractivity contribution in [2.24, 2.45) is 0 Å². The fourth-order valence-electron chi connectivity index (χ4n) is 2.37. The maximum absolute atomic E-state index is 11.0. The lowest BCUT2D eigenvalue weighted by Gasteiger charge is -2.01. The number of carbonyl (C=O) groups is 1. The zero-order chi connectivity index (χ0) is 16.2. The van der Waals surface area contributed by atoms with Gasteiger partial charge in [0, 0.05) is 17.7 Å². The summed E-state index contributed by atoms with van der Waals surface area (Å²) in [6.07, 6.45) is 0.718. The Hall–Kier alpha value is -3.08. The van der Waals surface area contributed by atoms with Crippen molar-refractivity contribution in [1.82, 2.24) is 10.2 Å². The highest BCUT2D eigenvalue weighted by molar-refractivity contribution is 5.89. The number of carboxylic acid groups (broad SMARTS) is 1. The van der Waals surface area contributed by atoms with Crippen LogP contribution in [-0.4, -0.2) is 28.4 Å². The first kappa shape index (κ1) is 14.8. The van der Waals surface area contributed by atoms with E-state index >= 15 is 0 Å². The summed E-state index contributed by atoms with van der Waals surface area (Å²) in [6.45, 7) is 0. The molecule has 0 amide bonds. The molecule has 5 nitrogen and oxygen atoms in total. The molecule has 1 heterocycles. The highest BCUT2D eigenvalue weighted by Crippen LogP contribution is 2.21. The molecule has 0 saturated heterocycles. The number of aromatic amines is 1. The van der Waals surface area contributed by atoms with Gasteiger partial charge >= 0.3 is 5.97 Å². The Balaban J connectivity index is 1.79. The molecule has 3 rings (SSSR count). The van der Waals surface area contributed by atoms with Crippen LogP contribution in [-0.2, 0) is 6.42 Å². The minimum atomic E-state index is -0.944. The molecule has 0 bridgehead atoms. The third-order valence-corrected chi connectivity index (χ3v) is 3.59. The number of ether oxygens (including phenoxy) is 1. The molecule has 1 aromatic heterocycles. The van der Waals surface area contributed by atoms with Crippen LogP contribution in [0.5, 0.6) is 5.75 Å². The minimum Gasteiger partial charge on any atom is -0.497 e. The Kier molecular flexibility index (Phi) is 4.10. The van der Waals surface area contributed by atoms with Gasteiger partial charge in [0.15, 0.2) is 0 Å². The van der Waals surface area contributed by atoms with E-state index in [2.05, 4.69) is 10.2 Å². The largest absolute Gasteiger partial charge is 0.497 e. The fourth-order valence-corrected chi connectivity index (χ4v) is 2.37. The summed E-state index contributed by atoms with van der Waals surface area (Å²) in [5.74, 6) is -0.120. The van der Waals surface area contributed by atoms with Gasteiger partial charge < -0.3 is 9.84 Å².